The van der Waals surface area contributed by atoms with Crippen LogP contribution in [0.5, 0.6) is 17.2 Å². The normalized spacial score (nSPS) is 13.4. The minimum atomic E-state index is 0.703. The van der Waals surface area contributed by atoms with Gasteiger partial charge in [-0.3, -0.25) is 0 Å². The van der Waals surface area contributed by atoms with Crippen molar-refractivity contribution in [2.75, 3.05) is 25.6 Å². The maximum Gasteiger partial charge on any atom is 0.163 e. The summed E-state index contributed by atoms with van der Waals surface area (Å²) < 4.78 is 16.5. The molecule has 0 saturated heterocycles. The Labute approximate surface area is 124 Å². The van der Waals surface area contributed by atoms with E-state index in [1.165, 1.54) is 5.56 Å². The molecule has 3 rings (SSSR count). The van der Waals surface area contributed by atoms with E-state index in [4.69, 9.17) is 14.2 Å². The number of fused-ring (bicyclic) bond motifs is 1. The van der Waals surface area contributed by atoms with Crippen LogP contribution in [0.2, 0.25) is 0 Å². The Morgan fingerprint density at radius 1 is 1.00 bits per heavy atom. The third kappa shape index (κ3) is 3.40. The first kappa shape index (κ1) is 13.6. The highest BCUT2D eigenvalue weighted by Gasteiger charge is 2.10. The molecule has 0 aromatic heterocycles. The first-order chi connectivity index (χ1) is 10.3. The van der Waals surface area contributed by atoms with Crippen molar-refractivity contribution in [3.63, 3.8) is 0 Å². The van der Waals surface area contributed by atoms with E-state index in [-0.39, 0.29) is 0 Å². The van der Waals surface area contributed by atoms with Gasteiger partial charge in [0.05, 0.1) is 20.3 Å². The molecule has 1 N–H and O–H groups in total. The Kier molecular flexibility index (Phi) is 4.15. The molecule has 0 fully saturated rings. The zero-order valence-corrected chi connectivity index (χ0v) is 12.1. The van der Waals surface area contributed by atoms with Gasteiger partial charge in [-0.2, -0.15) is 0 Å². The number of methoxy groups -OCH3 is 1. The maximum absolute atomic E-state index is 5.69. The van der Waals surface area contributed by atoms with Crippen LogP contribution in [-0.4, -0.2) is 20.3 Å². The largest absolute Gasteiger partial charge is 0.497 e. The summed E-state index contributed by atoms with van der Waals surface area (Å²) in [6.07, 6.45) is 0.920. The molecule has 1 aliphatic rings. The molecule has 1 aliphatic heterocycles. The van der Waals surface area contributed by atoms with Gasteiger partial charge in [0.15, 0.2) is 11.5 Å². The van der Waals surface area contributed by atoms with Crippen molar-refractivity contribution >= 4 is 5.69 Å². The van der Waals surface area contributed by atoms with Crippen LogP contribution in [0, 0.1) is 0 Å². The number of rotatable bonds is 4. The van der Waals surface area contributed by atoms with Gasteiger partial charge < -0.3 is 19.5 Å². The molecule has 2 aromatic carbocycles. The van der Waals surface area contributed by atoms with E-state index in [1.807, 2.05) is 30.3 Å². The van der Waals surface area contributed by atoms with E-state index in [1.54, 1.807) is 7.11 Å². The smallest absolute Gasteiger partial charge is 0.163 e. The number of anilines is 1. The van der Waals surface area contributed by atoms with Crippen LogP contribution in [0.3, 0.4) is 0 Å². The minimum Gasteiger partial charge on any atom is -0.497 e. The maximum atomic E-state index is 5.69. The fourth-order valence-corrected chi connectivity index (χ4v) is 2.22. The topological polar surface area (TPSA) is 39.7 Å². The first-order valence-electron chi connectivity index (χ1n) is 7.11. The molecular formula is C17H19NO3. The summed E-state index contributed by atoms with van der Waals surface area (Å²) in [7, 11) is 1.67. The minimum absolute atomic E-state index is 0.703. The van der Waals surface area contributed by atoms with Crippen LogP contribution in [-0.2, 0) is 6.54 Å². The lowest BCUT2D eigenvalue weighted by molar-refractivity contribution is 0.297. The predicted molar refractivity (Wildman–Crippen MR) is 82.4 cm³/mol. The van der Waals surface area contributed by atoms with E-state index in [0.29, 0.717) is 13.2 Å². The molecule has 21 heavy (non-hydrogen) atoms. The Hall–Kier alpha value is -2.36. The van der Waals surface area contributed by atoms with Crippen molar-refractivity contribution in [2.45, 2.75) is 13.0 Å². The Morgan fingerprint density at radius 2 is 1.76 bits per heavy atom. The number of hydrogen-bond donors (Lipinski definition) is 1. The zero-order valence-electron chi connectivity index (χ0n) is 12.1. The lowest BCUT2D eigenvalue weighted by Gasteiger charge is -2.11. The molecule has 0 atom stereocenters. The Balaban J connectivity index is 1.66. The zero-order chi connectivity index (χ0) is 14.5. The van der Waals surface area contributed by atoms with Gasteiger partial charge in [0.25, 0.3) is 0 Å². The highest BCUT2D eigenvalue weighted by atomic mass is 16.5. The lowest BCUT2D eigenvalue weighted by Crippen LogP contribution is -2.00. The predicted octanol–water partition coefficient (Wildman–Crippen LogP) is 3.47. The quantitative estimate of drug-likeness (QED) is 0.933. The second kappa shape index (κ2) is 6.39. The molecule has 0 spiro atoms. The molecule has 0 unspecified atom stereocenters. The van der Waals surface area contributed by atoms with E-state index in [0.717, 1.165) is 35.9 Å². The van der Waals surface area contributed by atoms with Gasteiger partial charge in [-0.15, -0.1) is 0 Å². The van der Waals surface area contributed by atoms with Gasteiger partial charge >= 0.3 is 0 Å². The molecule has 0 bridgehead atoms. The van der Waals surface area contributed by atoms with Crippen molar-refractivity contribution in [3.8, 4) is 17.2 Å². The summed E-state index contributed by atoms with van der Waals surface area (Å²) in [4.78, 5) is 0. The number of nitrogens with one attached hydrogen (secondary N) is 1. The molecule has 110 valence electrons. The van der Waals surface area contributed by atoms with E-state index < -0.39 is 0 Å². The van der Waals surface area contributed by atoms with Crippen molar-refractivity contribution in [1.82, 2.24) is 0 Å². The molecule has 4 heteroatoms. The average Bonchev–Trinajstić information content (AvgIpc) is 2.78. The van der Waals surface area contributed by atoms with Gasteiger partial charge in [-0.25, -0.2) is 0 Å². The molecule has 1 heterocycles. The lowest BCUT2D eigenvalue weighted by atomic mass is 10.2. The second-order valence-electron chi connectivity index (χ2n) is 4.91. The summed E-state index contributed by atoms with van der Waals surface area (Å²) in [6, 6.07) is 14.0. The van der Waals surface area contributed by atoms with Crippen molar-refractivity contribution in [1.29, 1.82) is 0 Å². The molecule has 2 aromatic rings. The third-order valence-corrected chi connectivity index (χ3v) is 3.40. The molecule has 0 saturated carbocycles. The summed E-state index contributed by atoms with van der Waals surface area (Å²) in [6.45, 7) is 2.17. The molecular weight excluding hydrogens is 266 g/mol. The van der Waals surface area contributed by atoms with Gasteiger partial charge in [0.2, 0.25) is 0 Å². The Bertz CT molecular complexity index is 595. The number of hydrogen-bond acceptors (Lipinski definition) is 4. The molecule has 0 aliphatic carbocycles. The first-order valence-corrected chi connectivity index (χ1v) is 7.11. The summed E-state index contributed by atoms with van der Waals surface area (Å²) in [5.41, 5.74) is 2.22. The van der Waals surface area contributed by atoms with Crippen LogP contribution >= 0.6 is 0 Å². The van der Waals surface area contributed by atoms with Crippen molar-refractivity contribution in [2.24, 2.45) is 0 Å². The van der Waals surface area contributed by atoms with Crippen molar-refractivity contribution < 1.29 is 14.2 Å². The number of ether oxygens (including phenoxy) is 3. The highest BCUT2D eigenvalue weighted by molar-refractivity contribution is 5.55. The third-order valence-electron chi connectivity index (χ3n) is 3.40. The van der Waals surface area contributed by atoms with Gasteiger partial charge in [0.1, 0.15) is 5.75 Å². The number of benzene rings is 2. The van der Waals surface area contributed by atoms with Crippen LogP contribution in [0.4, 0.5) is 5.69 Å². The fourth-order valence-electron chi connectivity index (χ4n) is 2.22. The van der Waals surface area contributed by atoms with Crippen molar-refractivity contribution in [3.05, 3.63) is 48.0 Å². The van der Waals surface area contributed by atoms with Gasteiger partial charge in [0, 0.05) is 24.7 Å². The SMILES string of the molecule is COc1ccc(CNc2ccc3c(c2)OCCCO3)cc1. The standard InChI is InChI=1S/C17H19NO3/c1-19-15-6-3-13(4-7-15)12-18-14-5-8-16-17(11-14)21-10-2-9-20-16/h3-8,11,18H,2,9-10,12H2,1H3. The van der Waals surface area contributed by atoms with E-state index in [9.17, 15) is 0 Å². The monoisotopic (exact) mass is 285 g/mol. The molecule has 0 radical (unpaired) electrons. The van der Waals surface area contributed by atoms with E-state index in [2.05, 4.69) is 17.4 Å². The molecule has 4 nitrogen and oxygen atoms in total. The van der Waals surface area contributed by atoms with Gasteiger partial charge in [-0.05, 0) is 29.8 Å². The second-order valence-corrected chi connectivity index (χ2v) is 4.91. The fraction of sp³-hybridized carbons (Fsp3) is 0.294. The Morgan fingerprint density at radius 3 is 2.52 bits per heavy atom. The summed E-state index contributed by atoms with van der Waals surface area (Å²) in [5, 5.41) is 3.39. The van der Waals surface area contributed by atoms with Crippen LogP contribution in [0.1, 0.15) is 12.0 Å². The summed E-state index contributed by atoms with van der Waals surface area (Å²) in [5.74, 6) is 2.50. The van der Waals surface area contributed by atoms with Gasteiger partial charge in [-0.1, -0.05) is 12.1 Å². The van der Waals surface area contributed by atoms with Crippen LogP contribution in [0.15, 0.2) is 42.5 Å². The molecule has 0 amide bonds. The van der Waals surface area contributed by atoms with E-state index >= 15 is 0 Å². The highest BCUT2D eigenvalue weighted by Crippen LogP contribution is 2.32. The van der Waals surface area contributed by atoms with Crippen LogP contribution in [0.25, 0.3) is 0 Å². The summed E-state index contributed by atoms with van der Waals surface area (Å²) >= 11 is 0. The van der Waals surface area contributed by atoms with Crippen LogP contribution < -0.4 is 19.5 Å². The average molecular weight is 285 g/mol.